The first-order valence-corrected chi connectivity index (χ1v) is 9.37. The quantitative estimate of drug-likeness (QED) is 0.515. The monoisotopic (exact) mass is 401 g/mol. The Morgan fingerprint density at radius 3 is 2.76 bits per heavy atom. The number of hydrogen-bond acceptors (Lipinski definition) is 6. The summed E-state index contributed by atoms with van der Waals surface area (Å²) in [5.41, 5.74) is 3.11. The lowest BCUT2D eigenvalue weighted by atomic mass is 10.1. The first kappa shape index (κ1) is 18.5. The first-order valence-electron chi connectivity index (χ1n) is 8.55. The molecule has 142 valence electrons. The van der Waals surface area contributed by atoms with Crippen LogP contribution in [0.5, 0.6) is 0 Å². The van der Waals surface area contributed by atoms with Crippen LogP contribution in [0.2, 0.25) is 0 Å². The van der Waals surface area contributed by atoms with Crippen molar-refractivity contribution in [1.29, 1.82) is 5.26 Å². The second kappa shape index (κ2) is 7.61. The molecule has 1 N–H and O–H groups in total. The van der Waals surface area contributed by atoms with E-state index in [0.29, 0.717) is 11.4 Å². The Morgan fingerprint density at radius 2 is 2.10 bits per heavy atom. The third-order valence-electron chi connectivity index (χ3n) is 4.14. The standard InChI is InChI=1S/C20H15N7OS/c1-3-19(28)25-18-5-4-16(10-22-18)29-17-6-13(15-9-23-26(2)11-15)12-27-20(17)14(7-21)8-24-27/h3-6,8-12H,1H2,2H3,(H,22,25,28). The van der Waals surface area contributed by atoms with Gasteiger partial charge in [0.15, 0.2) is 0 Å². The number of carbonyl (C=O) groups excluding carboxylic acids is 1. The van der Waals surface area contributed by atoms with Crippen LogP contribution in [0, 0.1) is 11.3 Å². The molecule has 9 heteroatoms. The highest BCUT2D eigenvalue weighted by atomic mass is 32.2. The van der Waals surface area contributed by atoms with Crippen molar-refractivity contribution < 1.29 is 4.79 Å². The summed E-state index contributed by atoms with van der Waals surface area (Å²) in [6, 6.07) is 7.77. The highest BCUT2D eigenvalue weighted by Crippen LogP contribution is 2.35. The number of anilines is 1. The first-order chi connectivity index (χ1) is 14.1. The van der Waals surface area contributed by atoms with Crippen molar-refractivity contribution in [2.45, 2.75) is 9.79 Å². The van der Waals surface area contributed by atoms with Crippen LogP contribution < -0.4 is 5.32 Å². The molecule has 0 saturated carbocycles. The van der Waals surface area contributed by atoms with Crippen molar-refractivity contribution in [3.05, 3.63) is 67.4 Å². The number of hydrogen-bond donors (Lipinski definition) is 1. The molecule has 1 amide bonds. The molecule has 29 heavy (non-hydrogen) atoms. The Bertz CT molecular complexity index is 1260. The van der Waals surface area contributed by atoms with Crippen molar-refractivity contribution in [2.24, 2.45) is 7.05 Å². The van der Waals surface area contributed by atoms with Crippen LogP contribution in [0.25, 0.3) is 16.6 Å². The number of amides is 1. The summed E-state index contributed by atoms with van der Waals surface area (Å²) < 4.78 is 3.44. The van der Waals surface area contributed by atoms with E-state index in [1.165, 1.54) is 17.8 Å². The summed E-state index contributed by atoms with van der Waals surface area (Å²) in [5, 5.41) is 20.6. The third-order valence-corrected chi connectivity index (χ3v) is 5.14. The number of aryl methyl sites for hydroxylation is 1. The van der Waals surface area contributed by atoms with Crippen molar-refractivity contribution in [1.82, 2.24) is 24.4 Å². The van der Waals surface area contributed by atoms with Gasteiger partial charge in [0.2, 0.25) is 5.91 Å². The molecule has 0 saturated heterocycles. The lowest BCUT2D eigenvalue weighted by Gasteiger charge is -2.08. The summed E-state index contributed by atoms with van der Waals surface area (Å²) >= 11 is 1.47. The van der Waals surface area contributed by atoms with Crippen LogP contribution in [-0.2, 0) is 11.8 Å². The number of pyridine rings is 2. The minimum Gasteiger partial charge on any atom is -0.307 e. The molecule has 0 fully saturated rings. The Balaban J connectivity index is 1.73. The fraction of sp³-hybridized carbons (Fsp3) is 0.0500. The molecule has 0 aliphatic carbocycles. The lowest BCUT2D eigenvalue weighted by Crippen LogP contribution is -2.08. The molecule has 0 atom stereocenters. The van der Waals surface area contributed by atoms with Gasteiger partial charge in [0.05, 0.1) is 23.5 Å². The van der Waals surface area contributed by atoms with Gasteiger partial charge in [-0.25, -0.2) is 9.50 Å². The molecule has 4 rings (SSSR count). The SMILES string of the molecule is C=CC(=O)Nc1ccc(Sc2cc(-c3cnn(C)c3)cn3ncc(C#N)c23)cn1. The Kier molecular flexibility index (Phi) is 4.85. The highest BCUT2D eigenvalue weighted by Gasteiger charge is 2.14. The van der Waals surface area contributed by atoms with E-state index in [-0.39, 0.29) is 5.91 Å². The van der Waals surface area contributed by atoms with E-state index in [9.17, 15) is 10.1 Å². The maximum Gasteiger partial charge on any atom is 0.248 e. The van der Waals surface area contributed by atoms with Gasteiger partial charge in [0.1, 0.15) is 11.9 Å². The third kappa shape index (κ3) is 3.74. The number of fused-ring (bicyclic) bond motifs is 1. The molecule has 0 aliphatic rings. The van der Waals surface area contributed by atoms with E-state index in [0.717, 1.165) is 26.4 Å². The Morgan fingerprint density at radius 1 is 1.24 bits per heavy atom. The van der Waals surface area contributed by atoms with Crippen molar-refractivity contribution in [2.75, 3.05) is 5.32 Å². The van der Waals surface area contributed by atoms with E-state index >= 15 is 0 Å². The van der Waals surface area contributed by atoms with E-state index in [1.807, 2.05) is 31.6 Å². The van der Waals surface area contributed by atoms with E-state index in [2.05, 4.69) is 33.1 Å². The molecule has 0 bridgehead atoms. The average Bonchev–Trinajstić information content (AvgIpc) is 3.35. The van der Waals surface area contributed by atoms with Crippen LogP contribution >= 0.6 is 11.8 Å². The van der Waals surface area contributed by atoms with Gasteiger partial charge in [-0.1, -0.05) is 18.3 Å². The summed E-state index contributed by atoms with van der Waals surface area (Å²) in [4.78, 5) is 17.4. The molecular formula is C20H15N7OS. The smallest absolute Gasteiger partial charge is 0.248 e. The molecule has 0 aliphatic heterocycles. The lowest BCUT2D eigenvalue weighted by molar-refractivity contribution is -0.111. The summed E-state index contributed by atoms with van der Waals surface area (Å²) in [6.45, 7) is 3.42. The zero-order valence-corrected chi connectivity index (χ0v) is 16.2. The zero-order valence-electron chi connectivity index (χ0n) is 15.4. The second-order valence-electron chi connectivity index (χ2n) is 6.13. The van der Waals surface area contributed by atoms with Crippen molar-refractivity contribution in [3.8, 4) is 17.2 Å². The van der Waals surface area contributed by atoms with Crippen LogP contribution in [0.3, 0.4) is 0 Å². The molecular weight excluding hydrogens is 386 g/mol. The van der Waals surface area contributed by atoms with Gasteiger partial charge >= 0.3 is 0 Å². The van der Waals surface area contributed by atoms with E-state index < -0.39 is 0 Å². The van der Waals surface area contributed by atoms with Gasteiger partial charge < -0.3 is 5.32 Å². The Hall–Kier alpha value is -3.90. The summed E-state index contributed by atoms with van der Waals surface area (Å²) in [7, 11) is 1.86. The number of aromatic nitrogens is 5. The summed E-state index contributed by atoms with van der Waals surface area (Å²) in [6.07, 6.45) is 9.99. The van der Waals surface area contributed by atoms with E-state index in [1.54, 1.807) is 33.9 Å². The van der Waals surface area contributed by atoms with Gasteiger partial charge in [-0.3, -0.25) is 9.48 Å². The normalized spacial score (nSPS) is 10.6. The van der Waals surface area contributed by atoms with E-state index in [4.69, 9.17) is 0 Å². The second-order valence-corrected chi connectivity index (χ2v) is 7.25. The number of nitrogens with zero attached hydrogens (tertiary/aromatic N) is 6. The maximum atomic E-state index is 11.4. The molecule has 0 spiro atoms. The molecule has 4 aromatic rings. The van der Waals surface area contributed by atoms with Crippen LogP contribution in [0.1, 0.15) is 5.56 Å². The Labute approximate surface area is 170 Å². The zero-order chi connectivity index (χ0) is 20.4. The average molecular weight is 401 g/mol. The predicted octanol–water partition coefficient (Wildman–Crippen LogP) is 3.28. The number of carbonyl (C=O) groups is 1. The largest absolute Gasteiger partial charge is 0.307 e. The van der Waals surface area contributed by atoms with Gasteiger partial charge in [-0.2, -0.15) is 15.5 Å². The molecule has 4 aromatic heterocycles. The van der Waals surface area contributed by atoms with Crippen LogP contribution in [0.15, 0.2) is 71.6 Å². The topological polar surface area (TPSA) is 101 Å². The minimum absolute atomic E-state index is 0.318. The minimum atomic E-state index is -0.318. The van der Waals surface area contributed by atoms with Crippen LogP contribution in [0.4, 0.5) is 5.82 Å². The molecule has 0 unspecified atom stereocenters. The summed E-state index contributed by atoms with van der Waals surface area (Å²) in [5.74, 6) is 0.122. The van der Waals surface area contributed by atoms with Crippen molar-refractivity contribution >= 4 is 29.0 Å². The highest BCUT2D eigenvalue weighted by molar-refractivity contribution is 7.99. The molecule has 0 aromatic carbocycles. The van der Waals surface area contributed by atoms with Gasteiger partial charge in [0, 0.05) is 46.6 Å². The predicted molar refractivity (Wildman–Crippen MR) is 109 cm³/mol. The van der Waals surface area contributed by atoms with Crippen LogP contribution in [-0.4, -0.2) is 30.3 Å². The van der Waals surface area contributed by atoms with Gasteiger partial charge in [0.25, 0.3) is 0 Å². The number of nitriles is 1. The van der Waals surface area contributed by atoms with Crippen molar-refractivity contribution in [3.63, 3.8) is 0 Å². The van der Waals surface area contributed by atoms with Gasteiger partial charge in [-0.05, 0) is 24.3 Å². The number of nitrogens with one attached hydrogen (secondary N) is 1. The molecule has 4 heterocycles. The molecule has 8 nitrogen and oxygen atoms in total. The number of rotatable bonds is 5. The maximum absolute atomic E-state index is 11.4. The van der Waals surface area contributed by atoms with Gasteiger partial charge in [-0.15, -0.1) is 0 Å². The molecule has 0 radical (unpaired) electrons. The fourth-order valence-electron chi connectivity index (χ4n) is 2.79. The fourth-order valence-corrected chi connectivity index (χ4v) is 3.77.